The Labute approximate surface area is 187 Å². The number of rotatable bonds is 5. The summed E-state index contributed by atoms with van der Waals surface area (Å²) in [6.07, 6.45) is 0.0779. The van der Waals surface area contributed by atoms with Crippen LogP contribution in [0.25, 0.3) is 21.6 Å². The lowest BCUT2D eigenvalue weighted by Gasteiger charge is -2.12. The number of hydrogen-bond acceptors (Lipinski definition) is 5. The summed E-state index contributed by atoms with van der Waals surface area (Å²) >= 11 is 1.64. The van der Waals surface area contributed by atoms with E-state index in [1.54, 1.807) is 11.3 Å². The number of nitrogens with zero attached hydrogens (tertiary/aromatic N) is 2. The summed E-state index contributed by atoms with van der Waals surface area (Å²) in [6.45, 7) is 11.7. The maximum absolute atomic E-state index is 11.6. The molecule has 31 heavy (non-hydrogen) atoms. The Morgan fingerprint density at radius 1 is 1.00 bits per heavy atom. The van der Waals surface area contributed by atoms with Crippen molar-refractivity contribution in [2.24, 2.45) is 5.92 Å². The number of fused-ring (bicyclic) bond motifs is 1. The second-order valence-corrected chi connectivity index (χ2v) is 8.97. The minimum atomic E-state index is 0.0779. The van der Waals surface area contributed by atoms with E-state index in [9.17, 15) is 4.79 Å². The van der Waals surface area contributed by atoms with Crippen molar-refractivity contribution in [2.75, 3.05) is 0 Å². The molecule has 3 heterocycles. The molecule has 0 bridgehead atoms. The van der Waals surface area contributed by atoms with Crippen molar-refractivity contribution in [3.8, 4) is 16.5 Å². The predicted octanol–water partition coefficient (Wildman–Crippen LogP) is 6.62. The Kier molecular flexibility index (Phi) is 7.23. The van der Waals surface area contributed by atoms with Gasteiger partial charge in [0.1, 0.15) is 5.69 Å². The van der Waals surface area contributed by atoms with Gasteiger partial charge < -0.3 is 9.72 Å². The maximum atomic E-state index is 11.6. The number of hydrogen-bond donors (Lipinski definition) is 1. The topological polar surface area (TPSA) is 67.9 Å². The van der Waals surface area contributed by atoms with Crippen LogP contribution in [0, 0.1) is 19.8 Å². The number of H-pyrrole nitrogens is 1. The molecule has 0 saturated carbocycles. The number of Topliss-reactive ketones (excluding diaryl/α,β-unsaturated/α-hetero) is 1. The molecule has 0 atom stereocenters. The molecule has 4 aromatic rings. The Balaban J connectivity index is 0.000000196. The lowest BCUT2D eigenvalue weighted by atomic mass is 10.0. The quantitative estimate of drug-likeness (QED) is 0.358. The number of ether oxygens (including phenoxy) is 1. The summed E-state index contributed by atoms with van der Waals surface area (Å²) in [5.41, 5.74) is 5.44. The van der Waals surface area contributed by atoms with Gasteiger partial charge in [-0.05, 0) is 57.3 Å². The molecule has 0 aliphatic carbocycles. The van der Waals surface area contributed by atoms with E-state index < -0.39 is 0 Å². The third-order valence-electron chi connectivity index (χ3n) is 4.58. The highest BCUT2D eigenvalue weighted by Gasteiger charge is 2.15. The monoisotopic (exact) mass is 435 g/mol. The average Bonchev–Trinajstić information content (AvgIpc) is 3.36. The van der Waals surface area contributed by atoms with E-state index in [2.05, 4.69) is 9.97 Å². The Morgan fingerprint density at radius 2 is 1.68 bits per heavy atom. The highest BCUT2D eigenvalue weighted by Crippen LogP contribution is 2.32. The first-order chi connectivity index (χ1) is 14.8. The van der Waals surface area contributed by atoms with Crippen molar-refractivity contribution in [1.82, 2.24) is 15.0 Å². The first-order valence-electron chi connectivity index (χ1n) is 10.4. The number of aryl methyl sites for hydroxylation is 2. The first-order valence-corrected chi connectivity index (χ1v) is 11.3. The van der Waals surface area contributed by atoms with Crippen LogP contribution in [0.15, 0.2) is 47.8 Å². The number of benzene rings is 1. The van der Waals surface area contributed by atoms with Gasteiger partial charge in [-0.25, -0.2) is 9.97 Å². The van der Waals surface area contributed by atoms with Crippen LogP contribution in [0.2, 0.25) is 0 Å². The number of thiophene rings is 1. The zero-order valence-corrected chi connectivity index (χ0v) is 19.7. The zero-order chi connectivity index (χ0) is 22.5. The van der Waals surface area contributed by atoms with Crippen LogP contribution < -0.4 is 4.74 Å². The lowest BCUT2D eigenvalue weighted by Crippen LogP contribution is -2.08. The normalized spacial score (nSPS) is 11.0. The van der Waals surface area contributed by atoms with E-state index in [1.165, 1.54) is 0 Å². The SMILES string of the molecule is CC(C)Oc1nc2ccccc2nc1-c1cccs1.Cc1cc(C(=O)C(C)C)c(C)[nH]1. The van der Waals surface area contributed by atoms with Crippen molar-refractivity contribution in [2.45, 2.75) is 47.6 Å². The molecule has 6 heteroatoms. The fourth-order valence-electron chi connectivity index (χ4n) is 3.15. The molecular weight excluding hydrogens is 406 g/mol. The molecular formula is C25H29N3O2S. The smallest absolute Gasteiger partial charge is 0.242 e. The Morgan fingerprint density at radius 3 is 2.19 bits per heavy atom. The molecule has 0 spiro atoms. The van der Waals surface area contributed by atoms with Crippen LogP contribution in [-0.4, -0.2) is 26.8 Å². The molecule has 0 aliphatic heterocycles. The van der Waals surface area contributed by atoms with Crippen molar-refractivity contribution in [3.63, 3.8) is 0 Å². The molecule has 4 rings (SSSR count). The number of aromatic nitrogens is 3. The summed E-state index contributed by atoms with van der Waals surface area (Å²) in [5.74, 6) is 0.909. The number of aromatic amines is 1. The van der Waals surface area contributed by atoms with Gasteiger partial charge in [0, 0.05) is 22.9 Å². The van der Waals surface area contributed by atoms with Crippen molar-refractivity contribution in [1.29, 1.82) is 0 Å². The molecule has 1 N–H and O–H groups in total. The van der Waals surface area contributed by atoms with E-state index in [0.29, 0.717) is 5.88 Å². The molecule has 0 saturated heterocycles. The molecule has 5 nitrogen and oxygen atoms in total. The van der Waals surface area contributed by atoms with Gasteiger partial charge in [0.2, 0.25) is 5.88 Å². The van der Waals surface area contributed by atoms with E-state index in [1.807, 2.05) is 89.4 Å². The number of ketones is 1. The first kappa shape index (κ1) is 22.7. The highest BCUT2D eigenvalue weighted by atomic mass is 32.1. The van der Waals surface area contributed by atoms with E-state index in [0.717, 1.165) is 38.6 Å². The second kappa shape index (κ2) is 9.88. The maximum Gasteiger partial charge on any atom is 0.242 e. The summed E-state index contributed by atoms with van der Waals surface area (Å²) < 4.78 is 5.81. The Bertz CT molecular complexity index is 1160. The summed E-state index contributed by atoms with van der Waals surface area (Å²) in [5, 5.41) is 2.03. The van der Waals surface area contributed by atoms with E-state index in [-0.39, 0.29) is 17.8 Å². The molecule has 1 aromatic carbocycles. The molecule has 3 aromatic heterocycles. The van der Waals surface area contributed by atoms with E-state index >= 15 is 0 Å². The molecule has 0 amide bonds. The molecule has 0 radical (unpaired) electrons. The number of carbonyl (C=O) groups is 1. The van der Waals surface area contributed by atoms with Crippen molar-refractivity contribution < 1.29 is 9.53 Å². The van der Waals surface area contributed by atoms with Crippen LogP contribution in [0.3, 0.4) is 0 Å². The van der Waals surface area contributed by atoms with E-state index in [4.69, 9.17) is 9.72 Å². The molecule has 0 aliphatic rings. The van der Waals surface area contributed by atoms with Gasteiger partial charge in [-0.1, -0.05) is 32.0 Å². The largest absolute Gasteiger partial charge is 0.473 e. The minimum absolute atomic E-state index is 0.0779. The van der Waals surface area contributed by atoms with Gasteiger partial charge in [0.05, 0.1) is 22.0 Å². The number of carbonyl (C=O) groups excluding carboxylic acids is 1. The summed E-state index contributed by atoms with van der Waals surface area (Å²) in [7, 11) is 0. The van der Waals surface area contributed by atoms with Gasteiger partial charge in [-0.2, -0.15) is 0 Å². The Hall–Kier alpha value is -2.99. The summed E-state index contributed by atoms with van der Waals surface area (Å²) in [4.78, 5) is 25.0. The van der Waals surface area contributed by atoms with Gasteiger partial charge in [0.15, 0.2) is 5.78 Å². The summed E-state index contributed by atoms with van der Waals surface area (Å²) in [6, 6.07) is 13.8. The molecule has 0 unspecified atom stereocenters. The highest BCUT2D eigenvalue weighted by molar-refractivity contribution is 7.13. The fourth-order valence-corrected chi connectivity index (χ4v) is 3.86. The molecule has 162 valence electrons. The third-order valence-corrected chi connectivity index (χ3v) is 5.46. The van der Waals surface area contributed by atoms with Crippen molar-refractivity contribution >= 4 is 28.2 Å². The zero-order valence-electron chi connectivity index (χ0n) is 18.9. The number of para-hydroxylation sites is 2. The van der Waals surface area contributed by atoms with Crippen LogP contribution >= 0.6 is 11.3 Å². The van der Waals surface area contributed by atoms with Gasteiger partial charge >= 0.3 is 0 Å². The fraction of sp³-hybridized carbons (Fsp3) is 0.320. The van der Waals surface area contributed by atoms with Crippen molar-refractivity contribution in [3.05, 3.63) is 64.8 Å². The lowest BCUT2D eigenvalue weighted by molar-refractivity contribution is 0.0939. The molecule has 0 fully saturated rings. The van der Waals surface area contributed by atoms with Gasteiger partial charge in [0.25, 0.3) is 0 Å². The minimum Gasteiger partial charge on any atom is -0.473 e. The van der Waals surface area contributed by atoms with Gasteiger partial charge in [-0.3, -0.25) is 4.79 Å². The average molecular weight is 436 g/mol. The van der Waals surface area contributed by atoms with Crippen LogP contribution in [-0.2, 0) is 0 Å². The predicted molar refractivity (Wildman–Crippen MR) is 128 cm³/mol. The standard InChI is InChI=1S/C15H14N2OS.C10H15NO/c1-10(2)18-15-14(13-8-5-9-19-13)16-11-6-3-4-7-12(11)17-15;1-6(2)10(12)9-5-7(3)11-8(9)4/h3-10H,1-2H3;5-6,11H,1-4H3. The van der Waals surface area contributed by atoms with Crippen LogP contribution in [0.1, 0.15) is 49.4 Å². The van der Waals surface area contributed by atoms with Gasteiger partial charge in [-0.15, -0.1) is 11.3 Å². The second-order valence-electron chi connectivity index (χ2n) is 8.02. The van der Waals surface area contributed by atoms with Crippen LogP contribution in [0.5, 0.6) is 5.88 Å². The van der Waals surface area contributed by atoms with Crippen LogP contribution in [0.4, 0.5) is 0 Å². The number of nitrogens with one attached hydrogen (secondary N) is 1. The third kappa shape index (κ3) is 5.58.